The quantitative estimate of drug-likeness (QED) is 0.519. The van der Waals surface area contributed by atoms with E-state index >= 15 is 0 Å². The smallest absolute Gasteiger partial charge is 0.354 e. The molecule has 0 N–H and O–H groups in total. The third kappa shape index (κ3) is 5.30. The van der Waals surface area contributed by atoms with Gasteiger partial charge in [0.1, 0.15) is 4.83 Å². The number of thiazole rings is 1. The number of carbonyl (C=O) groups is 1. The molecule has 0 bridgehead atoms. The highest BCUT2D eigenvalue weighted by Gasteiger charge is 2.30. The normalized spacial score (nSPS) is 12.0. The van der Waals surface area contributed by atoms with E-state index in [9.17, 15) is 18.0 Å². The standard InChI is InChI=1S/C20H23F3N4OS2/c1-25(2)8-9-27(12-13-6-5-7-14(10-13)20(21,22)23)18(28)16-11-15-17(29-16)24-19(30-15)26(3)4/h5-7,10-11H,8-9,12H2,1-4H3. The van der Waals surface area contributed by atoms with Gasteiger partial charge < -0.3 is 14.7 Å². The van der Waals surface area contributed by atoms with Gasteiger partial charge >= 0.3 is 6.18 Å². The van der Waals surface area contributed by atoms with Crippen molar-refractivity contribution in [1.29, 1.82) is 0 Å². The lowest BCUT2D eigenvalue weighted by molar-refractivity contribution is -0.137. The van der Waals surface area contributed by atoms with Crippen LogP contribution in [0.15, 0.2) is 30.3 Å². The van der Waals surface area contributed by atoms with E-state index in [1.54, 1.807) is 11.0 Å². The first-order chi connectivity index (χ1) is 14.0. The van der Waals surface area contributed by atoms with Gasteiger partial charge in [0.15, 0.2) is 5.13 Å². The average molecular weight is 457 g/mol. The summed E-state index contributed by atoms with van der Waals surface area (Å²) in [7, 11) is 7.60. The number of alkyl halides is 3. The third-order valence-electron chi connectivity index (χ3n) is 4.40. The van der Waals surface area contributed by atoms with E-state index in [0.717, 1.165) is 26.8 Å². The number of anilines is 1. The summed E-state index contributed by atoms with van der Waals surface area (Å²) in [5.41, 5.74) is -0.264. The predicted molar refractivity (Wildman–Crippen MR) is 117 cm³/mol. The summed E-state index contributed by atoms with van der Waals surface area (Å²) in [6, 6.07) is 6.95. The number of amides is 1. The molecular formula is C20H23F3N4OS2. The lowest BCUT2D eigenvalue weighted by atomic mass is 10.1. The second-order valence-electron chi connectivity index (χ2n) is 7.40. The largest absolute Gasteiger partial charge is 0.416 e. The monoisotopic (exact) mass is 456 g/mol. The van der Waals surface area contributed by atoms with Crippen molar-refractivity contribution in [3.05, 3.63) is 46.3 Å². The Labute approximate surface area is 181 Å². The number of carbonyl (C=O) groups excluding carboxylic acids is 1. The van der Waals surface area contributed by atoms with Crippen LogP contribution in [-0.2, 0) is 12.7 Å². The fraction of sp³-hybridized carbons (Fsp3) is 0.400. The Morgan fingerprint density at radius 3 is 2.40 bits per heavy atom. The highest BCUT2D eigenvalue weighted by atomic mass is 32.1. The minimum absolute atomic E-state index is 0.110. The molecule has 0 aliphatic carbocycles. The van der Waals surface area contributed by atoms with Gasteiger partial charge in [0.25, 0.3) is 5.91 Å². The molecule has 10 heteroatoms. The van der Waals surface area contributed by atoms with Gasteiger partial charge in [0.05, 0.1) is 15.1 Å². The van der Waals surface area contributed by atoms with E-state index in [2.05, 4.69) is 4.98 Å². The molecule has 0 aliphatic heterocycles. The maximum absolute atomic E-state index is 13.2. The first-order valence-electron chi connectivity index (χ1n) is 9.22. The van der Waals surface area contributed by atoms with Crippen LogP contribution in [0.5, 0.6) is 0 Å². The van der Waals surface area contributed by atoms with Crippen LogP contribution in [-0.4, -0.2) is 62.0 Å². The molecule has 0 aliphatic rings. The minimum Gasteiger partial charge on any atom is -0.354 e. The molecule has 3 rings (SSSR count). The average Bonchev–Trinajstić information content (AvgIpc) is 3.23. The maximum atomic E-state index is 13.2. The first-order valence-corrected chi connectivity index (χ1v) is 10.9. The van der Waals surface area contributed by atoms with Crippen molar-refractivity contribution in [2.45, 2.75) is 12.7 Å². The Kier molecular flexibility index (Phi) is 6.68. The molecule has 0 atom stereocenters. The van der Waals surface area contributed by atoms with Gasteiger partial charge in [0, 0.05) is 33.7 Å². The van der Waals surface area contributed by atoms with Crippen molar-refractivity contribution in [3.63, 3.8) is 0 Å². The van der Waals surface area contributed by atoms with E-state index in [1.165, 1.54) is 28.7 Å². The first kappa shape index (κ1) is 22.5. The highest BCUT2D eigenvalue weighted by Crippen LogP contribution is 2.35. The molecule has 5 nitrogen and oxygen atoms in total. The van der Waals surface area contributed by atoms with Crippen LogP contribution in [0.25, 0.3) is 9.53 Å². The summed E-state index contributed by atoms with van der Waals surface area (Å²) in [6.45, 7) is 1.12. The number of benzene rings is 1. The van der Waals surface area contributed by atoms with Crippen LogP contribution >= 0.6 is 22.7 Å². The Hall–Kier alpha value is -2.17. The topological polar surface area (TPSA) is 39.7 Å². The lowest BCUT2D eigenvalue weighted by Crippen LogP contribution is -2.36. The van der Waals surface area contributed by atoms with Crippen molar-refractivity contribution in [1.82, 2.24) is 14.8 Å². The summed E-state index contributed by atoms with van der Waals surface area (Å²) in [5, 5.41) is 0.865. The zero-order valence-corrected chi connectivity index (χ0v) is 18.8. The van der Waals surface area contributed by atoms with Crippen LogP contribution in [0.3, 0.4) is 0 Å². The highest BCUT2D eigenvalue weighted by molar-refractivity contribution is 7.29. The molecule has 0 saturated carbocycles. The summed E-state index contributed by atoms with van der Waals surface area (Å²) >= 11 is 2.82. The molecule has 0 radical (unpaired) electrons. The zero-order chi connectivity index (χ0) is 22.1. The van der Waals surface area contributed by atoms with Gasteiger partial charge in [-0.3, -0.25) is 4.79 Å². The number of rotatable bonds is 7. The Balaban J connectivity index is 1.85. The van der Waals surface area contributed by atoms with Crippen LogP contribution in [0, 0.1) is 0 Å². The molecule has 162 valence electrons. The Morgan fingerprint density at radius 1 is 1.07 bits per heavy atom. The summed E-state index contributed by atoms with van der Waals surface area (Å²) in [4.78, 5) is 24.5. The minimum atomic E-state index is -4.41. The number of halogens is 3. The summed E-state index contributed by atoms with van der Waals surface area (Å²) in [5.74, 6) is -0.198. The van der Waals surface area contributed by atoms with E-state index < -0.39 is 11.7 Å². The molecule has 0 spiro atoms. The molecule has 0 saturated heterocycles. The van der Waals surface area contributed by atoms with Crippen LogP contribution in [0.1, 0.15) is 20.8 Å². The number of aromatic nitrogens is 1. The van der Waals surface area contributed by atoms with Gasteiger partial charge in [-0.05, 0) is 37.9 Å². The van der Waals surface area contributed by atoms with Gasteiger partial charge in [-0.15, -0.1) is 11.3 Å². The number of hydrogen-bond acceptors (Lipinski definition) is 6. The summed E-state index contributed by atoms with van der Waals surface area (Å²) in [6.07, 6.45) is -4.41. The Bertz CT molecular complexity index is 995. The maximum Gasteiger partial charge on any atom is 0.416 e. The fourth-order valence-corrected chi connectivity index (χ4v) is 4.92. The van der Waals surface area contributed by atoms with Crippen molar-refractivity contribution >= 4 is 43.2 Å². The molecule has 1 amide bonds. The number of nitrogens with zero attached hydrogens (tertiary/aromatic N) is 4. The Morgan fingerprint density at radius 2 is 1.80 bits per heavy atom. The van der Waals surface area contributed by atoms with Gasteiger partial charge in [-0.2, -0.15) is 13.2 Å². The van der Waals surface area contributed by atoms with Crippen molar-refractivity contribution < 1.29 is 18.0 Å². The van der Waals surface area contributed by atoms with Crippen molar-refractivity contribution in [2.24, 2.45) is 0 Å². The van der Waals surface area contributed by atoms with Gasteiger partial charge in [0.2, 0.25) is 0 Å². The molecular weight excluding hydrogens is 433 g/mol. The van der Waals surface area contributed by atoms with Crippen LogP contribution in [0.4, 0.5) is 18.3 Å². The van der Waals surface area contributed by atoms with Crippen molar-refractivity contribution in [3.8, 4) is 0 Å². The van der Waals surface area contributed by atoms with E-state index in [1.807, 2.05) is 44.1 Å². The number of likely N-dealkylation sites (N-methyl/N-ethyl adjacent to an activating group) is 1. The van der Waals surface area contributed by atoms with Gasteiger partial charge in [-0.1, -0.05) is 23.5 Å². The second kappa shape index (κ2) is 8.91. The zero-order valence-electron chi connectivity index (χ0n) is 17.2. The molecule has 0 unspecified atom stereocenters. The van der Waals surface area contributed by atoms with Crippen molar-refractivity contribution in [2.75, 3.05) is 46.2 Å². The van der Waals surface area contributed by atoms with Crippen LogP contribution in [0.2, 0.25) is 0 Å². The second-order valence-corrected chi connectivity index (χ2v) is 9.44. The molecule has 2 aromatic heterocycles. The fourth-order valence-electron chi connectivity index (χ4n) is 2.82. The number of fused-ring (bicyclic) bond motifs is 1. The third-order valence-corrected chi connectivity index (χ3v) is 6.72. The number of thiophene rings is 1. The molecule has 30 heavy (non-hydrogen) atoms. The molecule has 1 aromatic carbocycles. The van der Waals surface area contributed by atoms with E-state index in [-0.39, 0.29) is 12.5 Å². The molecule has 3 aromatic rings. The number of hydrogen-bond donors (Lipinski definition) is 0. The van der Waals surface area contributed by atoms with Crippen LogP contribution < -0.4 is 4.90 Å². The SMILES string of the molecule is CN(C)CCN(Cc1cccc(C(F)(F)F)c1)C(=O)c1cc2sc(N(C)C)nc2s1. The lowest BCUT2D eigenvalue weighted by Gasteiger charge is -2.24. The summed E-state index contributed by atoms with van der Waals surface area (Å²) < 4.78 is 40.1. The molecule has 2 heterocycles. The molecule has 0 fully saturated rings. The van der Waals surface area contributed by atoms with E-state index in [0.29, 0.717) is 23.5 Å². The van der Waals surface area contributed by atoms with Gasteiger partial charge in [-0.25, -0.2) is 4.98 Å². The van der Waals surface area contributed by atoms with E-state index in [4.69, 9.17) is 0 Å². The predicted octanol–water partition coefficient (Wildman–Crippen LogP) is 4.65.